The molecule has 0 aliphatic carbocycles. The highest BCUT2D eigenvalue weighted by Gasteiger charge is 2.14. The van der Waals surface area contributed by atoms with E-state index < -0.39 is 0 Å². The van der Waals surface area contributed by atoms with Crippen molar-refractivity contribution in [3.63, 3.8) is 0 Å². The minimum Gasteiger partial charge on any atom is -0.370 e. The quantitative estimate of drug-likeness (QED) is 0.762. The highest BCUT2D eigenvalue weighted by molar-refractivity contribution is 6.09. The molecule has 4 nitrogen and oxygen atoms in total. The van der Waals surface area contributed by atoms with Crippen LogP contribution in [-0.2, 0) is 11.3 Å². The van der Waals surface area contributed by atoms with Crippen molar-refractivity contribution in [1.82, 2.24) is 0 Å². The molecule has 0 unspecified atom stereocenters. The number of anilines is 1. The molecule has 0 aromatic heterocycles. The van der Waals surface area contributed by atoms with Crippen LogP contribution in [0.15, 0.2) is 66.7 Å². The predicted octanol–water partition coefficient (Wildman–Crippen LogP) is 2.51. The number of rotatable bonds is 4. The van der Waals surface area contributed by atoms with Crippen LogP contribution in [0.2, 0.25) is 0 Å². The molecular weight excluding hydrogens is 324 g/mol. The number of fused-ring (bicyclic) bond motifs is 1. The molecule has 132 valence electrons. The molecule has 3 aromatic carbocycles. The average molecular weight is 347 g/mol. The summed E-state index contributed by atoms with van der Waals surface area (Å²) in [5.41, 5.74) is 2.78. The number of carbonyl (C=O) groups excluding carboxylic acids is 1. The Kier molecular flexibility index (Phi) is 4.95. The van der Waals surface area contributed by atoms with Gasteiger partial charge in [-0.2, -0.15) is 0 Å². The van der Waals surface area contributed by atoms with E-state index in [1.165, 1.54) is 10.5 Å². The largest absolute Gasteiger partial charge is 0.370 e. The monoisotopic (exact) mass is 347 g/mol. The van der Waals surface area contributed by atoms with Gasteiger partial charge in [-0.25, -0.2) is 0 Å². The van der Waals surface area contributed by atoms with Gasteiger partial charge in [0.15, 0.2) is 0 Å². The molecule has 4 heteroatoms. The van der Waals surface area contributed by atoms with E-state index in [1.54, 1.807) is 0 Å². The number of hydrogen-bond acceptors (Lipinski definition) is 2. The van der Waals surface area contributed by atoms with Crippen LogP contribution in [0.3, 0.4) is 0 Å². The van der Waals surface area contributed by atoms with Gasteiger partial charge < -0.3 is 15.0 Å². The fourth-order valence-corrected chi connectivity index (χ4v) is 3.43. The van der Waals surface area contributed by atoms with Crippen molar-refractivity contribution in [1.29, 1.82) is 0 Å². The maximum Gasteiger partial charge on any atom is 0.255 e. The van der Waals surface area contributed by atoms with Crippen LogP contribution in [0.4, 0.5) is 5.69 Å². The van der Waals surface area contributed by atoms with Crippen molar-refractivity contribution in [2.45, 2.75) is 6.54 Å². The second-order valence-electron chi connectivity index (χ2n) is 6.72. The Balaban J connectivity index is 1.46. The summed E-state index contributed by atoms with van der Waals surface area (Å²) in [5.74, 6) is -0.0772. The number of ether oxygens (including phenoxy) is 1. The van der Waals surface area contributed by atoms with Gasteiger partial charge in [-0.05, 0) is 23.6 Å². The standard InChI is InChI=1S/C22H22N2O2/c25-22(23-21-7-3-5-18-4-1-2-6-20(18)21)19-10-8-17(9-11-19)16-24-12-14-26-15-13-24/h1-11H,12-16H2,(H,23,25)/p+1. The molecule has 1 saturated heterocycles. The minimum absolute atomic E-state index is 0.0772. The summed E-state index contributed by atoms with van der Waals surface area (Å²) in [6.45, 7) is 4.74. The van der Waals surface area contributed by atoms with E-state index >= 15 is 0 Å². The summed E-state index contributed by atoms with van der Waals surface area (Å²) >= 11 is 0. The van der Waals surface area contributed by atoms with E-state index in [4.69, 9.17) is 4.74 Å². The van der Waals surface area contributed by atoms with Crippen LogP contribution in [0.5, 0.6) is 0 Å². The Morgan fingerprint density at radius 1 is 0.923 bits per heavy atom. The Bertz CT molecular complexity index is 894. The number of amides is 1. The van der Waals surface area contributed by atoms with Gasteiger partial charge >= 0.3 is 0 Å². The molecule has 0 radical (unpaired) electrons. The van der Waals surface area contributed by atoms with E-state index in [9.17, 15) is 4.79 Å². The van der Waals surface area contributed by atoms with E-state index in [-0.39, 0.29) is 5.91 Å². The average Bonchev–Trinajstić information content (AvgIpc) is 2.70. The van der Waals surface area contributed by atoms with Crippen molar-refractivity contribution < 1.29 is 14.4 Å². The lowest BCUT2D eigenvalue weighted by Gasteiger charge is -2.23. The van der Waals surface area contributed by atoms with Crippen LogP contribution in [0.1, 0.15) is 15.9 Å². The third-order valence-electron chi connectivity index (χ3n) is 4.91. The predicted molar refractivity (Wildman–Crippen MR) is 104 cm³/mol. The van der Waals surface area contributed by atoms with Gasteiger partial charge in [0, 0.05) is 22.2 Å². The molecule has 1 heterocycles. The van der Waals surface area contributed by atoms with Gasteiger partial charge in [0.05, 0.1) is 13.2 Å². The Morgan fingerprint density at radius 2 is 1.65 bits per heavy atom. The van der Waals surface area contributed by atoms with Crippen molar-refractivity contribution in [2.24, 2.45) is 0 Å². The van der Waals surface area contributed by atoms with Gasteiger partial charge in [-0.15, -0.1) is 0 Å². The minimum atomic E-state index is -0.0772. The summed E-state index contributed by atoms with van der Waals surface area (Å²) in [6.07, 6.45) is 0. The van der Waals surface area contributed by atoms with Gasteiger partial charge in [-0.3, -0.25) is 4.79 Å². The summed E-state index contributed by atoms with van der Waals surface area (Å²) in [6, 6.07) is 22.0. The fraction of sp³-hybridized carbons (Fsp3) is 0.227. The Labute approximate surface area is 153 Å². The van der Waals surface area contributed by atoms with Gasteiger partial charge in [0.2, 0.25) is 0 Å². The van der Waals surface area contributed by atoms with E-state index in [0.29, 0.717) is 5.56 Å². The van der Waals surface area contributed by atoms with Gasteiger partial charge in [0.1, 0.15) is 19.6 Å². The molecule has 4 rings (SSSR count). The van der Waals surface area contributed by atoms with Crippen LogP contribution in [0, 0.1) is 0 Å². The molecule has 1 fully saturated rings. The summed E-state index contributed by atoms with van der Waals surface area (Å²) in [4.78, 5) is 14.2. The molecule has 0 spiro atoms. The zero-order chi connectivity index (χ0) is 17.8. The SMILES string of the molecule is O=C(Nc1cccc2ccccc12)c1ccc(C[NH+]2CCOCC2)cc1. The third-order valence-corrected chi connectivity index (χ3v) is 4.91. The zero-order valence-electron chi connectivity index (χ0n) is 14.7. The molecule has 2 N–H and O–H groups in total. The fourth-order valence-electron chi connectivity index (χ4n) is 3.43. The van der Waals surface area contributed by atoms with E-state index in [2.05, 4.69) is 17.4 Å². The smallest absolute Gasteiger partial charge is 0.255 e. The second kappa shape index (κ2) is 7.68. The van der Waals surface area contributed by atoms with Crippen LogP contribution in [0.25, 0.3) is 10.8 Å². The summed E-state index contributed by atoms with van der Waals surface area (Å²) < 4.78 is 5.40. The molecular formula is C22H23N2O2+. The number of carbonyl (C=O) groups is 1. The topological polar surface area (TPSA) is 42.8 Å². The highest BCUT2D eigenvalue weighted by Crippen LogP contribution is 2.23. The van der Waals surface area contributed by atoms with Gasteiger partial charge in [-0.1, -0.05) is 48.5 Å². The van der Waals surface area contributed by atoms with E-state index in [1.807, 2.05) is 54.6 Å². The summed E-state index contributed by atoms with van der Waals surface area (Å²) in [7, 11) is 0. The Hall–Kier alpha value is -2.69. The maximum absolute atomic E-state index is 12.6. The first-order valence-electron chi connectivity index (χ1n) is 9.09. The lowest BCUT2D eigenvalue weighted by molar-refractivity contribution is -0.921. The van der Waals surface area contributed by atoms with Crippen molar-refractivity contribution in [3.8, 4) is 0 Å². The van der Waals surface area contributed by atoms with Gasteiger partial charge in [0.25, 0.3) is 5.91 Å². The molecule has 1 aliphatic rings. The second-order valence-corrected chi connectivity index (χ2v) is 6.72. The molecule has 1 aliphatic heterocycles. The lowest BCUT2D eigenvalue weighted by Crippen LogP contribution is -3.12. The lowest BCUT2D eigenvalue weighted by atomic mass is 10.1. The van der Waals surface area contributed by atoms with Crippen LogP contribution in [-0.4, -0.2) is 32.2 Å². The third kappa shape index (κ3) is 3.77. The first-order chi connectivity index (χ1) is 12.8. The Morgan fingerprint density at radius 3 is 2.46 bits per heavy atom. The van der Waals surface area contributed by atoms with Crippen molar-refractivity contribution in [3.05, 3.63) is 77.9 Å². The van der Waals surface area contributed by atoms with E-state index in [0.717, 1.165) is 49.3 Å². The van der Waals surface area contributed by atoms with Crippen LogP contribution < -0.4 is 10.2 Å². The normalized spacial score (nSPS) is 15.1. The number of benzene rings is 3. The van der Waals surface area contributed by atoms with Crippen molar-refractivity contribution >= 4 is 22.4 Å². The number of morpholine rings is 1. The maximum atomic E-state index is 12.6. The van der Waals surface area contributed by atoms with Crippen LogP contribution >= 0.6 is 0 Å². The molecule has 3 aromatic rings. The molecule has 0 saturated carbocycles. The number of hydrogen-bond donors (Lipinski definition) is 2. The zero-order valence-corrected chi connectivity index (χ0v) is 14.7. The molecule has 0 bridgehead atoms. The molecule has 1 amide bonds. The first kappa shape index (κ1) is 16.8. The van der Waals surface area contributed by atoms with Crippen molar-refractivity contribution in [2.75, 3.05) is 31.6 Å². The number of nitrogens with one attached hydrogen (secondary N) is 2. The first-order valence-corrected chi connectivity index (χ1v) is 9.09. The summed E-state index contributed by atoms with van der Waals surface area (Å²) in [5, 5.41) is 5.21. The number of quaternary nitrogens is 1. The molecule has 0 atom stereocenters. The highest BCUT2D eigenvalue weighted by atomic mass is 16.5. The molecule has 26 heavy (non-hydrogen) atoms.